The Kier molecular flexibility index (Phi) is 6.81. The van der Waals surface area contributed by atoms with Crippen LogP contribution in [0.25, 0.3) is 0 Å². The quantitative estimate of drug-likeness (QED) is 0.839. The number of allylic oxidation sites excluding steroid dienone is 1. The minimum atomic E-state index is -0.192. The molecule has 1 rings (SSSR count). The molecular weight excluding hydrogens is 252 g/mol. The number of urea groups is 1. The van der Waals surface area contributed by atoms with Crippen LogP contribution < -0.4 is 5.32 Å². The monoisotopic (exact) mass is 276 g/mol. The summed E-state index contributed by atoms with van der Waals surface area (Å²) in [5.41, 5.74) is 2.16. The van der Waals surface area contributed by atoms with Gasteiger partial charge in [-0.05, 0) is 18.4 Å². The molecule has 110 valence electrons. The van der Waals surface area contributed by atoms with Gasteiger partial charge in [0.25, 0.3) is 0 Å². The van der Waals surface area contributed by atoms with Crippen LogP contribution in [-0.4, -0.2) is 29.2 Å². The van der Waals surface area contributed by atoms with Gasteiger partial charge in [0.2, 0.25) is 0 Å². The van der Waals surface area contributed by atoms with Gasteiger partial charge in [0.1, 0.15) is 0 Å². The van der Waals surface area contributed by atoms with Crippen molar-refractivity contribution in [3.05, 3.63) is 47.7 Å². The molecule has 0 unspecified atom stereocenters. The maximum Gasteiger partial charge on any atom is 0.321 e. The highest BCUT2D eigenvalue weighted by Gasteiger charge is 2.12. The third-order valence-corrected chi connectivity index (χ3v) is 3.21. The van der Waals surface area contributed by atoms with Gasteiger partial charge in [0.05, 0.1) is 6.61 Å². The number of aliphatic hydroxyl groups is 1. The minimum Gasteiger partial charge on any atom is -0.395 e. The van der Waals surface area contributed by atoms with Crippen LogP contribution in [0.3, 0.4) is 0 Å². The molecule has 0 aliphatic heterocycles. The molecule has 0 radical (unpaired) electrons. The molecule has 2 N–H and O–H groups in total. The van der Waals surface area contributed by atoms with E-state index in [-0.39, 0.29) is 12.6 Å². The average Bonchev–Trinajstić information content (AvgIpc) is 2.44. The number of carbonyl (C=O) groups is 1. The van der Waals surface area contributed by atoms with Crippen molar-refractivity contribution in [3.8, 4) is 0 Å². The van der Waals surface area contributed by atoms with E-state index in [1.165, 1.54) is 0 Å². The zero-order valence-corrected chi connectivity index (χ0v) is 12.5. The van der Waals surface area contributed by atoms with Gasteiger partial charge < -0.3 is 15.3 Å². The van der Waals surface area contributed by atoms with Crippen molar-refractivity contribution >= 4 is 6.03 Å². The average molecular weight is 276 g/mol. The molecule has 0 spiro atoms. The van der Waals surface area contributed by atoms with Gasteiger partial charge in [-0.25, -0.2) is 4.79 Å². The van der Waals surface area contributed by atoms with E-state index >= 15 is 0 Å². The van der Waals surface area contributed by atoms with Crippen molar-refractivity contribution in [1.29, 1.82) is 0 Å². The van der Waals surface area contributed by atoms with Gasteiger partial charge in [0.15, 0.2) is 0 Å². The summed E-state index contributed by atoms with van der Waals surface area (Å²) in [6.07, 6.45) is 1.74. The normalized spacial score (nSPS) is 11.6. The molecule has 0 aromatic heterocycles. The van der Waals surface area contributed by atoms with Gasteiger partial charge in [-0.3, -0.25) is 0 Å². The van der Waals surface area contributed by atoms with Crippen LogP contribution in [0.5, 0.6) is 0 Å². The molecule has 0 aliphatic rings. The van der Waals surface area contributed by atoms with Crippen LogP contribution >= 0.6 is 0 Å². The number of rotatable bonds is 6. The SMILES string of the molecule is C/C(=C\NC(=O)N(CCO)Cc1ccccc1)C(C)C. The summed E-state index contributed by atoms with van der Waals surface area (Å²) in [7, 11) is 0. The summed E-state index contributed by atoms with van der Waals surface area (Å²) in [5.74, 6) is 0.399. The molecule has 20 heavy (non-hydrogen) atoms. The molecule has 0 atom stereocenters. The van der Waals surface area contributed by atoms with Crippen molar-refractivity contribution in [2.75, 3.05) is 13.2 Å². The lowest BCUT2D eigenvalue weighted by atomic mass is 10.1. The maximum absolute atomic E-state index is 12.1. The van der Waals surface area contributed by atoms with E-state index in [0.29, 0.717) is 19.0 Å². The number of nitrogens with zero attached hydrogens (tertiary/aromatic N) is 1. The van der Waals surface area contributed by atoms with E-state index in [4.69, 9.17) is 5.11 Å². The van der Waals surface area contributed by atoms with E-state index in [2.05, 4.69) is 19.2 Å². The summed E-state index contributed by atoms with van der Waals surface area (Å²) in [4.78, 5) is 13.7. The molecule has 0 heterocycles. The third-order valence-electron chi connectivity index (χ3n) is 3.21. The number of nitrogens with one attached hydrogen (secondary N) is 1. The van der Waals surface area contributed by atoms with Crippen LogP contribution in [0, 0.1) is 5.92 Å². The first-order valence-corrected chi connectivity index (χ1v) is 6.91. The highest BCUT2D eigenvalue weighted by molar-refractivity contribution is 5.75. The molecule has 1 aromatic rings. The molecule has 0 fully saturated rings. The largest absolute Gasteiger partial charge is 0.395 e. The number of hydrogen-bond donors (Lipinski definition) is 2. The van der Waals surface area contributed by atoms with Crippen LogP contribution in [-0.2, 0) is 6.54 Å². The maximum atomic E-state index is 12.1. The Hall–Kier alpha value is -1.81. The topological polar surface area (TPSA) is 52.6 Å². The molecular formula is C16H24N2O2. The Morgan fingerprint density at radius 3 is 2.55 bits per heavy atom. The van der Waals surface area contributed by atoms with E-state index in [1.807, 2.05) is 37.3 Å². The first kappa shape index (κ1) is 16.2. The second kappa shape index (κ2) is 8.38. The molecule has 0 bridgehead atoms. The molecule has 1 aromatic carbocycles. The number of amides is 2. The Labute approximate surface area is 121 Å². The van der Waals surface area contributed by atoms with E-state index in [0.717, 1.165) is 11.1 Å². The van der Waals surface area contributed by atoms with Gasteiger partial charge in [-0.15, -0.1) is 0 Å². The second-order valence-corrected chi connectivity index (χ2v) is 5.12. The van der Waals surface area contributed by atoms with Crippen molar-refractivity contribution in [1.82, 2.24) is 10.2 Å². The molecule has 0 saturated carbocycles. The highest BCUT2D eigenvalue weighted by atomic mass is 16.3. The van der Waals surface area contributed by atoms with Gasteiger partial charge in [0, 0.05) is 19.3 Å². The Balaban J connectivity index is 2.66. The summed E-state index contributed by atoms with van der Waals surface area (Å²) >= 11 is 0. The van der Waals surface area contributed by atoms with E-state index < -0.39 is 0 Å². The lowest BCUT2D eigenvalue weighted by Crippen LogP contribution is -2.39. The van der Waals surface area contributed by atoms with Crippen molar-refractivity contribution in [2.24, 2.45) is 5.92 Å². The van der Waals surface area contributed by atoms with Crippen molar-refractivity contribution in [2.45, 2.75) is 27.3 Å². The Bertz CT molecular complexity index is 441. The van der Waals surface area contributed by atoms with Crippen LogP contribution in [0.2, 0.25) is 0 Å². The van der Waals surface area contributed by atoms with Gasteiger partial charge in [-0.2, -0.15) is 0 Å². The van der Waals surface area contributed by atoms with E-state index in [9.17, 15) is 4.79 Å². The first-order chi connectivity index (χ1) is 9.54. The third kappa shape index (κ3) is 5.45. The highest BCUT2D eigenvalue weighted by Crippen LogP contribution is 2.07. The fourth-order valence-corrected chi connectivity index (χ4v) is 1.61. The molecule has 4 nitrogen and oxygen atoms in total. The molecule has 4 heteroatoms. The van der Waals surface area contributed by atoms with Gasteiger partial charge >= 0.3 is 6.03 Å². The van der Waals surface area contributed by atoms with Crippen LogP contribution in [0.1, 0.15) is 26.3 Å². The fourth-order valence-electron chi connectivity index (χ4n) is 1.61. The smallest absolute Gasteiger partial charge is 0.321 e. The summed E-state index contributed by atoms with van der Waals surface area (Å²) < 4.78 is 0. The zero-order valence-electron chi connectivity index (χ0n) is 12.5. The standard InChI is InChI=1S/C16H24N2O2/c1-13(2)14(3)11-17-16(20)18(9-10-19)12-15-7-5-4-6-8-15/h4-8,11,13,19H,9-10,12H2,1-3H3,(H,17,20)/b14-11+. The number of benzene rings is 1. The predicted octanol–water partition coefficient (Wildman–Crippen LogP) is 2.75. The minimum absolute atomic E-state index is 0.0485. The lowest BCUT2D eigenvalue weighted by molar-refractivity contribution is 0.177. The molecule has 2 amide bonds. The number of aliphatic hydroxyl groups excluding tert-OH is 1. The van der Waals surface area contributed by atoms with Crippen molar-refractivity contribution < 1.29 is 9.90 Å². The summed E-state index contributed by atoms with van der Waals surface area (Å²) in [6, 6.07) is 9.55. The van der Waals surface area contributed by atoms with E-state index in [1.54, 1.807) is 11.1 Å². The Morgan fingerprint density at radius 2 is 2.00 bits per heavy atom. The summed E-state index contributed by atoms with van der Waals surface area (Å²) in [5, 5.41) is 11.9. The number of carbonyl (C=O) groups excluding carboxylic acids is 1. The van der Waals surface area contributed by atoms with Crippen LogP contribution in [0.4, 0.5) is 4.79 Å². The predicted molar refractivity (Wildman–Crippen MR) is 81.1 cm³/mol. The van der Waals surface area contributed by atoms with Crippen LogP contribution in [0.15, 0.2) is 42.1 Å². The number of hydrogen-bond acceptors (Lipinski definition) is 2. The second-order valence-electron chi connectivity index (χ2n) is 5.12. The molecule has 0 saturated heterocycles. The lowest BCUT2D eigenvalue weighted by Gasteiger charge is -2.21. The fraction of sp³-hybridized carbons (Fsp3) is 0.438. The first-order valence-electron chi connectivity index (χ1n) is 6.91. The van der Waals surface area contributed by atoms with Gasteiger partial charge in [-0.1, -0.05) is 49.8 Å². The van der Waals surface area contributed by atoms with Crippen molar-refractivity contribution in [3.63, 3.8) is 0 Å². The molecule has 0 aliphatic carbocycles. The summed E-state index contributed by atoms with van der Waals surface area (Å²) in [6.45, 7) is 6.89. The zero-order chi connectivity index (χ0) is 15.0. The Morgan fingerprint density at radius 1 is 1.35 bits per heavy atom.